The minimum Gasteiger partial charge on any atom is -0.478 e. The highest BCUT2D eigenvalue weighted by molar-refractivity contribution is 7.15. The normalized spacial score (nSPS) is 10.4. The average Bonchev–Trinajstić information content (AvgIpc) is 2.61. The van der Waals surface area contributed by atoms with Gasteiger partial charge in [-0.1, -0.05) is 35.3 Å². The Balaban J connectivity index is 2.56. The van der Waals surface area contributed by atoms with E-state index in [-0.39, 0.29) is 9.90 Å². The van der Waals surface area contributed by atoms with Crippen LogP contribution in [0.4, 0.5) is 0 Å². The maximum atomic E-state index is 11.0. The number of benzene rings is 1. The molecule has 1 N–H and O–H groups in total. The molecule has 0 aliphatic rings. The van der Waals surface area contributed by atoms with E-state index in [4.69, 9.17) is 28.3 Å². The van der Waals surface area contributed by atoms with Crippen molar-refractivity contribution in [3.05, 3.63) is 44.6 Å². The summed E-state index contributed by atoms with van der Waals surface area (Å²) in [6.07, 6.45) is 0. The summed E-state index contributed by atoms with van der Waals surface area (Å²) in [5.74, 6) is -1.02. The van der Waals surface area contributed by atoms with Crippen LogP contribution >= 0.6 is 34.5 Å². The van der Waals surface area contributed by atoms with Crippen LogP contribution in [0.2, 0.25) is 9.36 Å². The van der Waals surface area contributed by atoms with Crippen LogP contribution in [0.3, 0.4) is 0 Å². The van der Waals surface area contributed by atoms with Gasteiger partial charge in [0.1, 0.15) is 4.34 Å². The molecule has 2 rings (SSSR count). The van der Waals surface area contributed by atoms with Gasteiger partial charge in [-0.05, 0) is 17.7 Å². The predicted octanol–water partition coefficient (Wildman–Crippen LogP) is 4.42. The van der Waals surface area contributed by atoms with E-state index in [0.717, 1.165) is 5.56 Å². The van der Waals surface area contributed by atoms with Gasteiger partial charge in [0.15, 0.2) is 0 Å². The van der Waals surface area contributed by atoms with Crippen molar-refractivity contribution in [2.75, 3.05) is 0 Å². The van der Waals surface area contributed by atoms with E-state index in [2.05, 4.69) is 0 Å². The van der Waals surface area contributed by atoms with Gasteiger partial charge in [0, 0.05) is 16.0 Å². The van der Waals surface area contributed by atoms with E-state index >= 15 is 0 Å². The monoisotopic (exact) mass is 272 g/mol. The summed E-state index contributed by atoms with van der Waals surface area (Å²) >= 11 is 12.8. The van der Waals surface area contributed by atoms with E-state index in [0.29, 0.717) is 10.6 Å². The Morgan fingerprint density at radius 1 is 1.19 bits per heavy atom. The van der Waals surface area contributed by atoms with Gasteiger partial charge in [-0.3, -0.25) is 0 Å². The Morgan fingerprint density at radius 3 is 2.38 bits per heavy atom. The lowest BCUT2D eigenvalue weighted by atomic mass is 10.1. The van der Waals surface area contributed by atoms with Gasteiger partial charge >= 0.3 is 5.97 Å². The van der Waals surface area contributed by atoms with Crippen molar-refractivity contribution in [2.45, 2.75) is 0 Å². The molecule has 2 nitrogen and oxygen atoms in total. The lowest BCUT2D eigenvalue weighted by Crippen LogP contribution is -1.96. The number of aromatic carboxylic acids is 1. The number of thiophene rings is 1. The van der Waals surface area contributed by atoms with E-state index in [1.54, 1.807) is 29.6 Å². The molecule has 0 spiro atoms. The Kier molecular flexibility index (Phi) is 3.19. The molecule has 0 aliphatic heterocycles. The third-order valence-corrected chi connectivity index (χ3v) is 3.59. The van der Waals surface area contributed by atoms with Crippen molar-refractivity contribution < 1.29 is 9.90 Å². The molecule has 16 heavy (non-hydrogen) atoms. The molecule has 5 heteroatoms. The van der Waals surface area contributed by atoms with Crippen molar-refractivity contribution in [3.63, 3.8) is 0 Å². The van der Waals surface area contributed by atoms with E-state index in [9.17, 15) is 4.79 Å². The fraction of sp³-hybridized carbons (Fsp3) is 0. The molecule has 0 saturated carbocycles. The van der Waals surface area contributed by atoms with Crippen LogP contribution in [-0.4, -0.2) is 11.1 Å². The number of hydrogen-bond acceptors (Lipinski definition) is 2. The fourth-order valence-electron chi connectivity index (χ4n) is 1.38. The molecule has 0 saturated heterocycles. The third-order valence-electron chi connectivity index (χ3n) is 2.12. The number of halogens is 2. The van der Waals surface area contributed by atoms with Gasteiger partial charge in [0.25, 0.3) is 0 Å². The molecular weight excluding hydrogens is 267 g/mol. The van der Waals surface area contributed by atoms with Crippen LogP contribution < -0.4 is 0 Å². The summed E-state index contributed by atoms with van der Waals surface area (Å²) in [5.41, 5.74) is 1.57. The van der Waals surface area contributed by atoms with Crippen molar-refractivity contribution in [1.82, 2.24) is 0 Å². The Hall–Kier alpha value is -1.03. The van der Waals surface area contributed by atoms with Crippen LogP contribution in [0, 0.1) is 0 Å². The molecule has 0 aliphatic carbocycles. The molecular formula is C11H6Cl2O2S. The predicted molar refractivity (Wildman–Crippen MR) is 66.7 cm³/mol. The van der Waals surface area contributed by atoms with Gasteiger partial charge in [-0.2, -0.15) is 0 Å². The standard InChI is InChI=1S/C11H6Cl2O2S/c12-7-3-1-6(2-4-7)8-5-16-10(13)9(8)11(14)15/h1-5H,(H,14,15). The second-order valence-corrected chi connectivity index (χ2v) is 5.03. The first-order valence-electron chi connectivity index (χ1n) is 4.36. The molecule has 82 valence electrons. The lowest BCUT2D eigenvalue weighted by molar-refractivity contribution is 0.0698. The first kappa shape index (κ1) is 11.5. The number of carboxylic acids is 1. The maximum absolute atomic E-state index is 11.0. The third kappa shape index (κ3) is 2.07. The molecule has 1 heterocycles. The average molecular weight is 273 g/mol. The number of hydrogen-bond donors (Lipinski definition) is 1. The summed E-state index contributed by atoms with van der Waals surface area (Å²) in [5, 5.41) is 11.4. The second kappa shape index (κ2) is 4.45. The van der Waals surface area contributed by atoms with Crippen LogP contribution in [0.5, 0.6) is 0 Å². The fourth-order valence-corrected chi connectivity index (χ4v) is 2.61. The summed E-state index contributed by atoms with van der Waals surface area (Å²) in [7, 11) is 0. The van der Waals surface area contributed by atoms with E-state index in [1.807, 2.05) is 0 Å². The molecule has 1 aromatic carbocycles. The van der Waals surface area contributed by atoms with Crippen molar-refractivity contribution in [1.29, 1.82) is 0 Å². The molecule has 0 atom stereocenters. The van der Waals surface area contributed by atoms with Crippen LogP contribution in [-0.2, 0) is 0 Å². The highest BCUT2D eigenvalue weighted by Crippen LogP contribution is 2.35. The van der Waals surface area contributed by atoms with Gasteiger partial charge in [-0.15, -0.1) is 11.3 Å². The zero-order chi connectivity index (χ0) is 11.7. The quantitative estimate of drug-likeness (QED) is 0.879. The molecule has 0 fully saturated rings. The van der Waals surface area contributed by atoms with Crippen molar-refractivity contribution in [2.24, 2.45) is 0 Å². The molecule has 0 bridgehead atoms. The van der Waals surface area contributed by atoms with E-state index < -0.39 is 5.97 Å². The summed E-state index contributed by atoms with van der Waals surface area (Å²) in [4.78, 5) is 11.0. The smallest absolute Gasteiger partial charge is 0.338 e. The van der Waals surface area contributed by atoms with Gasteiger partial charge in [-0.25, -0.2) is 4.79 Å². The van der Waals surface area contributed by atoms with Crippen LogP contribution in [0.1, 0.15) is 10.4 Å². The van der Waals surface area contributed by atoms with Gasteiger partial charge in [0.2, 0.25) is 0 Å². The SMILES string of the molecule is O=C(O)c1c(-c2ccc(Cl)cc2)csc1Cl. The number of rotatable bonds is 2. The Morgan fingerprint density at radius 2 is 1.81 bits per heavy atom. The maximum Gasteiger partial charge on any atom is 0.338 e. The zero-order valence-electron chi connectivity index (χ0n) is 7.91. The Labute approximate surface area is 106 Å². The summed E-state index contributed by atoms with van der Waals surface area (Å²) in [6.45, 7) is 0. The van der Waals surface area contributed by atoms with Gasteiger partial charge in [0.05, 0.1) is 5.56 Å². The zero-order valence-corrected chi connectivity index (χ0v) is 10.2. The first-order chi connectivity index (χ1) is 7.59. The minimum atomic E-state index is -1.02. The summed E-state index contributed by atoms with van der Waals surface area (Å²) in [6, 6.07) is 6.97. The minimum absolute atomic E-state index is 0.147. The molecule has 2 aromatic rings. The molecule has 1 aromatic heterocycles. The highest BCUT2D eigenvalue weighted by Gasteiger charge is 2.17. The lowest BCUT2D eigenvalue weighted by Gasteiger charge is -2.01. The second-order valence-electron chi connectivity index (χ2n) is 3.11. The highest BCUT2D eigenvalue weighted by atomic mass is 35.5. The largest absolute Gasteiger partial charge is 0.478 e. The van der Waals surface area contributed by atoms with Crippen molar-refractivity contribution in [3.8, 4) is 11.1 Å². The van der Waals surface area contributed by atoms with Gasteiger partial charge < -0.3 is 5.11 Å². The van der Waals surface area contributed by atoms with Crippen molar-refractivity contribution >= 4 is 40.5 Å². The number of carboxylic acid groups (broad SMARTS) is 1. The first-order valence-corrected chi connectivity index (χ1v) is 5.99. The molecule has 0 unspecified atom stereocenters. The van der Waals surface area contributed by atoms with E-state index in [1.165, 1.54) is 11.3 Å². The van der Waals surface area contributed by atoms with Crippen LogP contribution in [0.25, 0.3) is 11.1 Å². The molecule has 0 radical (unpaired) electrons. The topological polar surface area (TPSA) is 37.3 Å². The number of carbonyl (C=O) groups is 1. The molecule has 0 amide bonds. The Bertz CT molecular complexity index is 531. The summed E-state index contributed by atoms with van der Waals surface area (Å²) < 4.78 is 0.289. The van der Waals surface area contributed by atoms with Crippen LogP contribution in [0.15, 0.2) is 29.6 Å².